The highest BCUT2D eigenvalue weighted by Gasteiger charge is 2.23. The molecule has 0 aliphatic rings. The average Bonchev–Trinajstić information content (AvgIpc) is 2.00. The largest absolute Gasteiger partial charge is 0.367 e. The van der Waals surface area contributed by atoms with Crippen LogP contribution in [0, 0.1) is 0 Å². The van der Waals surface area contributed by atoms with E-state index in [2.05, 4.69) is 0 Å². The first kappa shape index (κ1) is 12.1. The summed E-state index contributed by atoms with van der Waals surface area (Å²) in [6.45, 7) is 5.60. The molecule has 0 saturated carbocycles. The summed E-state index contributed by atoms with van der Waals surface area (Å²) in [4.78, 5) is 0. The van der Waals surface area contributed by atoms with Gasteiger partial charge in [-0.3, -0.25) is 4.57 Å². The Kier molecular flexibility index (Phi) is 5.77. The van der Waals surface area contributed by atoms with E-state index in [1.165, 1.54) is 0 Å². The molecule has 74 valence electrons. The minimum absolute atomic E-state index is 0.0451. The Morgan fingerprint density at radius 1 is 1.33 bits per heavy atom. The Morgan fingerprint density at radius 2 is 1.83 bits per heavy atom. The van der Waals surface area contributed by atoms with E-state index in [0.717, 1.165) is 0 Å². The maximum atomic E-state index is 13.0. The van der Waals surface area contributed by atoms with E-state index in [9.17, 15) is 8.76 Å². The molecule has 0 aliphatic heterocycles. The Labute approximate surface area is 74.1 Å². The molecule has 1 atom stereocenters. The van der Waals surface area contributed by atoms with Crippen molar-refractivity contribution in [2.45, 2.75) is 46.1 Å². The van der Waals surface area contributed by atoms with Crippen LogP contribution in [0.3, 0.4) is 0 Å². The molecule has 0 rings (SSSR count). The van der Waals surface area contributed by atoms with Crippen LogP contribution in [-0.2, 0) is 9.09 Å². The molecule has 1 unspecified atom stereocenters. The lowest BCUT2D eigenvalue weighted by Gasteiger charge is -2.16. The molecule has 0 heterocycles. The highest BCUT2D eigenvalue weighted by Crippen LogP contribution is 2.50. The average molecular weight is 196 g/mol. The van der Waals surface area contributed by atoms with Gasteiger partial charge in [-0.15, -0.1) is 0 Å². The van der Waals surface area contributed by atoms with Gasteiger partial charge in [0.2, 0.25) is 0 Å². The monoisotopic (exact) mass is 196 g/mol. The molecule has 0 spiro atoms. The van der Waals surface area contributed by atoms with Crippen molar-refractivity contribution in [1.29, 1.82) is 0 Å². The SMILES string of the molecule is CCCP(=O)(F)OC(CC)CC. The first-order chi connectivity index (χ1) is 5.55. The fraction of sp³-hybridized carbons (Fsp3) is 1.00. The van der Waals surface area contributed by atoms with Crippen molar-refractivity contribution in [3.63, 3.8) is 0 Å². The maximum absolute atomic E-state index is 13.0. The molecule has 4 heteroatoms. The summed E-state index contributed by atoms with van der Waals surface area (Å²) in [7, 11) is -3.78. The molecule has 0 aromatic heterocycles. The van der Waals surface area contributed by atoms with Crippen LogP contribution >= 0.6 is 7.68 Å². The van der Waals surface area contributed by atoms with Gasteiger partial charge in [0.1, 0.15) is 0 Å². The van der Waals surface area contributed by atoms with E-state index in [4.69, 9.17) is 4.52 Å². The predicted octanol–water partition coefficient (Wildman–Crippen LogP) is 3.76. The second-order valence-electron chi connectivity index (χ2n) is 2.86. The van der Waals surface area contributed by atoms with Crippen molar-refractivity contribution in [3.05, 3.63) is 0 Å². The summed E-state index contributed by atoms with van der Waals surface area (Å²) in [5.74, 6) is 0. The molecule has 12 heavy (non-hydrogen) atoms. The summed E-state index contributed by atoms with van der Waals surface area (Å²) in [5.41, 5.74) is 0. The third kappa shape index (κ3) is 4.89. The number of halogens is 1. The predicted molar refractivity (Wildman–Crippen MR) is 49.3 cm³/mol. The molecular formula is C8H18FO2P. The summed E-state index contributed by atoms with van der Waals surface area (Å²) < 4.78 is 29.0. The molecule has 0 bridgehead atoms. The van der Waals surface area contributed by atoms with Crippen molar-refractivity contribution in [3.8, 4) is 0 Å². The van der Waals surface area contributed by atoms with E-state index in [-0.39, 0.29) is 12.3 Å². The van der Waals surface area contributed by atoms with Crippen molar-refractivity contribution in [2.24, 2.45) is 0 Å². The zero-order chi connectivity index (χ0) is 9.61. The smallest absolute Gasteiger partial charge is 0.302 e. The molecular weight excluding hydrogens is 178 g/mol. The quantitative estimate of drug-likeness (QED) is 0.604. The van der Waals surface area contributed by atoms with Crippen LogP contribution in [0.4, 0.5) is 4.20 Å². The zero-order valence-corrected chi connectivity index (χ0v) is 8.94. The molecule has 0 aliphatic carbocycles. The van der Waals surface area contributed by atoms with Crippen LogP contribution < -0.4 is 0 Å². The van der Waals surface area contributed by atoms with E-state index < -0.39 is 7.68 Å². The van der Waals surface area contributed by atoms with Crippen LogP contribution in [0.2, 0.25) is 0 Å². The first-order valence-electron chi connectivity index (χ1n) is 4.52. The lowest BCUT2D eigenvalue weighted by Crippen LogP contribution is -2.08. The van der Waals surface area contributed by atoms with Gasteiger partial charge in [-0.1, -0.05) is 20.8 Å². The van der Waals surface area contributed by atoms with Crippen molar-refractivity contribution in [1.82, 2.24) is 0 Å². The van der Waals surface area contributed by atoms with Gasteiger partial charge in [-0.2, -0.15) is 4.20 Å². The van der Waals surface area contributed by atoms with Crippen LogP contribution in [0.15, 0.2) is 0 Å². The van der Waals surface area contributed by atoms with Crippen molar-refractivity contribution >= 4 is 7.68 Å². The molecule has 0 N–H and O–H groups in total. The third-order valence-corrected chi connectivity index (χ3v) is 3.30. The normalized spacial score (nSPS) is 16.4. The van der Waals surface area contributed by atoms with Gasteiger partial charge >= 0.3 is 7.68 Å². The summed E-state index contributed by atoms with van der Waals surface area (Å²) >= 11 is 0. The Morgan fingerprint density at radius 3 is 2.17 bits per heavy atom. The summed E-state index contributed by atoms with van der Waals surface area (Å²) in [6.07, 6.45) is 1.85. The van der Waals surface area contributed by atoms with Gasteiger partial charge in [0.25, 0.3) is 0 Å². The first-order valence-corrected chi connectivity index (χ1v) is 6.22. The van der Waals surface area contributed by atoms with E-state index in [0.29, 0.717) is 19.3 Å². The molecule has 0 saturated heterocycles. The fourth-order valence-electron chi connectivity index (χ4n) is 0.980. The highest BCUT2D eigenvalue weighted by atomic mass is 31.2. The molecule has 0 amide bonds. The van der Waals surface area contributed by atoms with E-state index in [1.54, 1.807) is 6.92 Å². The second-order valence-corrected chi connectivity index (χ2v) is 4.70. The minimum Gasteiger partial charge on any atom is -0.302 e. The highest BCUT2D eigenvalue weighted by molar-refractivity contribution is 7.53. The molecule has 2 nitrogen and oxygen atoms in total. The van der Waals surface area contributed by atoms with Crippen LogP contribution in [0.1, 0.15) is 40.0 Å². The van der Waals surface area contributed by atoms with E-state index >= 15 is 0 Å². The van der Waals surface area contributed by atoms with Crippen LogP contribution in [0.5, 0.6) is 0 Å². The van der Waals surface area contributed by atoms with Crippen molar-refractivity contribution < 1.29 is 13.3 Å². The molecule has 0 radical (unpaired) electrons. The Balaban J connectivity index is 3.94. The van der Waals surface area contributed by atoms with Crippen LogP contribution in [-0.4, -0.2) is 12.3 Å². The molecule has 0 fully saturated rings. The molecule has 0 aromatic carbocycles. The van der Waals surface area contributed by atoms with Gasteiger partial charge in [0, 0.05) is 0 Å². The Hall–Kier alpha value is 0.120. The summed E-state index contributed by atoms with van der Waals surface area (Å²) in [5, 5.41) is 0. The third-order valence-electron chi connectivity index (χ3n) is 1.71. The Bertz CT molecular complexity index is 157. The standard InChI is InChI=1S/C8H18FO2P/c1-4-7-12(9,10)11-8(5-2)6-3/h8H,4-7H2,1-3H3. The summed E-state index contributed by atoms with van der Waals surface area (Å²) in [6, 6.07) is 0. The van der Waals surface area contributed by atoms with E-state index in [1.807, 2.05) is 13.8 Å². The van der Waals surface area contributed by atoms with Gasteiger partial charge in [-0.05, 0) is 19.3 Å². The lowest BCUT2D eigenvalue weighted by atomic mass is 10.2. The van der Waals surface area contributed by atoms with Crippen molar-refractivity contribution in [2.75, 3.05) is 6.16 Å². The molecule has 0 aromatic rings. The number of rotatable bonds is 6. The maximum Gasteiger partial charge on any atom is 0.367 e. The lowest BCUT2D eigenvalue weighted by molar-refractivity contribution is 0.180. The van der Waals surface area contributed by atoms with Gasteiger partial charge in [-0.25, -0.2) is 0 Å². The number of hydrogen-bond donors (Lipinski definition) is 0. The number of hydrogen-bond acceptors (Lipinski definition) is 2. The van der Waals surface area contributed by atoms with Crippen LogP contribution in [0.25, 0.3) is 0 Å². The van der Waals surface area contributed by atoms with Gasteiger partial charge < -0.3 is 4.52 Å². The zero-order valence-electron chi connectivity index (χ0n) is 8.05. The minimum atomic E-state index is -3.78. The van der Waals surface area contributed by atoms with Gasteiger partial charge in [0.15, 0.2) is 0 Å². The second kappa shape index (κ2) is 5.71. The van der Waals surface area contributed by atoms with Gasteiger partial charge in [0.05, 0.1) is 12.3 Å². The topological polar surface area (TPSA) is 26.3 Å². The fourth-order valence-corrected chi connectivity index (χ4v) is 2.36.